The number of hydrogen-bond acceptors (Lipinski definition) is 3. The number of aliphatic hydroxyl groups is 2. The summed E-state index contributed by atoms with van der Waals surface area (Å²) in [7, 11) is 0. The lowest BCUT2D eigenvalue weighted by atomic mass is 10.0. The summed E-state index contributed by atoms with van der Waals surface area (Å²) < 4.78 is 0. The van der Waals surface area contributed by atoms with E-state index in [1.54, 1.807) is 0 Å². The Morgan fingerprint density at radius 2 is 0.884 bits per heavy atom. The molecule has 0 radical (unpaired) electrons. The van der Waals surface area contributed by atoms with Gasteiger partial charge >= 0.3 is 0 Å². The number of rotatable bonds is 35. The molecule has 0 aliphatic rings. The van der Waals surface area contributed by atoms with E-state index < -0.39 is 12.1 Å². The van der Waals surface area contributed by atoms with Gasteiger partial charge in [-0.15, -0.1) is 0 Å². The maximum atomic E-state index is 12.3. The average Bonchev–Trinajstić information content (AvgIpc) is 3.01. The molecular formula is C39H77NO3. The number of nitrogens with one attached hydrogen (secondary N) is 1. The lowest BCUT2D eigenvalue weighted by Gasteiger charge is -2.22. The van der Waals surface area contributed by atoms with E-state index in [0.717, 1.165) is 25.7 Å². The third-order valence-electron chi connectivity index (χ3n) is 9.03. The SMILES string of the molecule is CCCCCCCCCC/C=C\CCCCCCCCCCCC(=O)NC(CO)C(O)CCCCCCCCCCCC. The van der Waals surface area contributed by atoms with Crippen LogP contribution in [-0.2, 0) is 4.79 Å². The highest BCUT2D eigenvalue weighted by Gasteiger charge is 2.19. The van der Waals surface area contributed by atoms with Gasteiger partial charge in [0.15, 0.2) is 0 Å². The summed E-state index contributed by atoms with van der Waals surface area (Å²) in [6.07, 6.45) is 42.7. The largest absolute Gasteiger partial charge is 0.394 e. The Kier molecular flexibility index (Phi) is 34.9. The number of allylic oxidation sites excluding steroid dienone is 2. The smallest absolute Gasteiger partial charge is 0.220 e. The van der Waals surface area contributed by atoms with Crippen molar-refractivity contribution in [3.05, 3.63) is 12.2 Å². The van der Waals surface area contributed by atoms with Gasteiger partial charge in [-0.3, -0.25) is 4.79 Å². The molecule has 4 heteroatoms. The molecule has 256 valence electrons. The van der Waals surface area contributed by atoms with Crippen molar-refractivity contribution in [3.63, 3.8) is 0 Å². The van der Waals surface area contributed by atoms with Crippen LogP contribution in [0, 0.1) is 0 Å². The van der Waals surface area contributed by atoms with Crippen molar-refractivity contribution >= 4 is 5.91 Å². The van der Waals surface area contributed by atoms with Gasteiger partial charge in [-0.05, 0) is 38.5 Å². The Morgan fingerprint density at radius 1 is 0.535 bits per heavy atom. The van der Waals surface area contributed by atoms with Crippen LogP contribution in [0.3, 0.4) is 0 Å². The molecule has 0 saturated heterocycles. The van der Waals surface area contributed by atoms with Crippen molar-refractivity contribution in [1.29, 1.82) is 0 Å². The fourth-order valence-corrected chi connectivity index (χ4v) is 6.00. The molecule has 0 aliphatic heterocycles. The van der Waals surface area contributed by atoms with Crippen molar-refractivity contribution < 1.29 is 15.0 Å². The molecule has 0 bridgehead atoms. The summed E-state index contributed by atoms with van der Waals surface area (Å²) in [6.45, 7) is 4.34. The van der Waals surface area contributed by atoms with Crippen LogP contribution in [0.15, 0.2) is 12.2 Å². The maximum Gasteiger partial charge on any atom is 0.220 e. The predicted molar refractivity (Wildman–Crippen MR) is 189 cm³/mol. The zero-order valence-electron chi connectivity index (χ0n) is 29.2. The van der Waals surface area contributed by atoms with Crippen LogP contribution < -0.4 is 5.32 Å². The monoisotopic (exact) mass is 608 g/mol. The topological polar surface area (TPSA) is 69.6 Å². The van der Waals surface area contributed by atoms with E-state index in [4.69, 9.17) is 0 Å². The van der Waals surface area contributed by atoms with E-state index in [9.17, 15) is 15.0 Å². The minimum Gasteiger partial charge on any atom is -0.394 e. The third kappa shape index (κ3) is 32.3. The van der Waals surface area contributed by atoms with E-state index in [2.05, 4.69) is 31.3 Å². The van der Waals surface area contributed by atoms with Gasteiger partial charge in [0.2, 0.25) is 5.91 Å². The summed E-state index contributed by atoms with van der Waals surface area (Å²) in [5, 5.41) is 23.0. The molecule has 0 fully saturated rings. The maximum absolute atomic E-state index is 12.3. The number of aliphatic hydroxyl groups excluding tert-OH is 2. The Morgan fingerprint density at radius 3 is 1.28 bits per heavy atom. The molecule has 0 aromatic carbocycles. The summed E-state index contributed by atoms with van der Waals surface area (Å²) >= 11 is 0. The van der Waals surface area contributed by atoms with Gasteiger partial charge in [0.1, 0.15) is 0 Å². The van der Waals surface area contributed by atoms with Crippen molar-refractivity contribution in [2.24, 2.45) is 0 Å². The molecule has 0 heterocycles. The first-order chi connectivity index (χ1) is 21.2. The molecule has 4 nitrogen and oxygen atoms in total. The highest BCUT2D eigenvalue weighted by molar-refractivity contribution is 5.76. The number of carbonyl (C=O) groups excluding carboxylic acids is 1. The van der Waals surface area contributed by atoms with E-state index in [0.29, 0.717) is 12.8 Å². The molecule has 0 aromatic heterocycles. The molecule has 0 saturated carbocycles. The molecule has 3 N–H and O–H groups in total. The quantitative estimate of drug-likeness (QED) is 0.0496. The first-order valence-electron chi connectivity index (χ1n) is 19.4. The highest BCUT2D eigenvalue weighted by atomic mass is 16.3. The average molecular weight is 608 g/mol. The summed E-state index contributed by atoms with van der Waals surface area (Å²) in [6, 6.07) is -0.531. The number of hydrogen-bond donors (Lipinski definition) is 3. The predicted octanol–water partition coefficient (Wildman–Crippen LogP) is 11.5. The van der Waals surface area contributed by atoms with Gasteiger partial charge in [-0.1, -0.05) is 180 Å². The van der Waals surface area contributed by atoms with Gasteiger partial charge in [0.25, 0.3) is 0 Å². The van der Waals surface area contributed by atoms with Gasteiger partial charge in [0.05, 0.1) is 18.8 Å². The zero-order chi connectivity index (χ0) is 31.5. The molecule has 43 heavy (non-hydrogen) atoms. The molecule has 0 spiro atoms. The summed E-state index contributed by atoms with van der Waals surface area (Å²) in [5.74, 6) is -0.0342. The first-order valence-corrected chi connectivity index (χ1v) is 19.4. The molecular weight excluding hydrogens is 530 g/mol. The second-order valence-electron chi connectivity index (χ2n) is 13.4. The third-order valence-corrected chi connectivity index (χ3v) is 9.03. The fourth-order valence-electron chi connectivity index (χ4n) is 6.00. The highest BCUT2D eigenvalue weighted by Crippen LogP contribution is 2.15. The number of unbranched alkanes of at least 4 members (excludes halogenated alkanes) is 26. The molecule has 1 amide bonds. The van der Waals surface area contributed by atoms with Gasteiger partial charge in [-0.2, -0.15) is 0 Å². The second-order valence-corrected chi connectivity index (χ2v) is 13.4. The van der Waals surface area contributed by atoms with Crippen LogP contribution in [0.25, 0.3) is 0 Å². The van der Waals surface area contributed by atoms with Crippen LogP contribution >= 0.6 is 0 Å². The normalized spacial score (nSPS) is 13.1. The van der Waals surface area contributed by atoms with Crippen LogP contribution in [0.5, 0.6) is 0 Å². The molecule has 0 aliphatic carbocycles. The van der Waals surface area contributed by atoms with E-state index in [1.165, 1.54) is 161 Å². The molecule has 0 aromatic rings. The van der Waals surface area contributed by atoms with Crippen molar-refractivity contribution in [2.45, 2.75) is 225 Å². The van der Waals surface area contributed by atoms with Crippen LogP contribution in [0.4, 0.5) is 0 Å². The first kappa shape index (κ1) is 42.1. The number of carbonyl (C=O) groups is 1. The lowest BCUT2D eigenvalue weighted by molar-refractivity contribution is -0.123. The van der Waals surface area contributed by atoms with Gasteiger partial charge in [-0.25, -0.2) is 0 Å². The molecule has 2 unspecified atom stereocenters. The van der Waals surface area contributed by atoms with Crippen molar-refractivity contribution in [3.8, 4) is 0 Å². The molecule has 0 rings (SSSR count). The minimum atomic E-state index is -0.654. The van der Waals surface area contributed by atoms with E-state index in [1.807, 2.05) is 0 Å². The summed E-state index contributed by atoms with van der Waals surface area (Å²) in [5.41, 5.74) is 0. The van der Waals surface area contributed by atoms with Crippen molar-refractivity contribution in [1.82, 2.24) is 5.32 Å². The Labute approximate surface area is 269 Å². The summed E-state index contributed by atoms with van der Waals surface area (Å²) in [4.78, 5) is 12.3. The fraction of sp³-hybridized carbons (Fsp3) is 0.923. The van der Waals surface area contributed by atoms with E-state index >= 15 is 0 Å². The standard InChI is InChI=1S/C39H77NO3/c1-3-5-7-9-11-13-15-16-17-18-19-20-21-22-23-24-25-27-29-31-33-35-39(43)40-37(36-41)38(42)34-32-30-28-26-14-12-10-8-6-4-2/h18-19,37-38,41-42H,3-17,20-36H2,1-2H3,(H,40,43)/b19-18-. The van der Waals surface area contributed by atoms with Crippen molar-refractivity contribution in [2.75, 3.05) is 6.61 Å². The zero-order valence-corrected chi connectivity index (χ0v) is 29.2. The molecule has 2 atom stereocenters. The van der Waals surface area contributed by atoms with Gasteiger partial charge < -0.3 is 15.5 Å². The van der Waals surface area contributed by atoms with Crippen LogP contribution in [0.1, 0.15) is 213 Å². The van der Waals surface area contributed by atoms with Gasteiger partial charge in [0, 0.05) is 6.42 Å². The van der Waals surface area contributed by atoms with Crippen LogP contribution in [-0.4, -0.2) is 34.9 Å². The Hall–Kier alpha value is -0.870. The Balaban J connectivity index is 3.49. The Bertz CT molecular complexity index is 579. The lowest BCUT2D eigenvalue weighted by Crippen LogP contribution is -2.45. The van der Waals surface area contributed by atoms with Crippen LogP contribution in [0.2, 0.25) is 0 Å². The van der Waals surface area contributed by atoms with E-state index in [-0.39, 0.29) is 12.5 Å². The number of amides is 1. The second kappa shape index (κ2) is 35.6. The minimum absolute atomic E-state index is 0.0342.